The summed E-state index contributed by atoms with van der Waals surface area (Å²) in [5.41, 5.74) is 0.730. The van der Waals surface area contributed by atoms with Gasteiger partial charge in [0.05, 0.1) is 11.5 Å². The Morgan fingerprint density at radius 3 is 2.70 bits per heavy atom. The molecule has 0 spiro atoms. The van der Waals surface area contributed by atoms with Gasteiger partial charge in [-0.15, -0.1) is 0 Å². The van der Waals surface area contributed by atoms with Crippen molar-refractivity contribution in [1.82, 2.24) is 4.90 Å². The molecule has 0 bridgehead atoms. The number of carbonyl (C=O) groups excluding carboxylic acids is 1. The molecule has 0 saturated carbocycles. The predicted octanol–water partition coefficient (Wildman–Crippen LogP) is 0.970. The van der Waals surface area contributed by atoms with E-state index in [1.165, 1.54) is 4.90 Å². The molecular formula is C14H19NO4S. The Balaban J connectivity index is 1.91. The molecule has 1 aliphatic heterocycles. The Kier molecular flexibility index (Phi) is 4.32. The first-order valence-electron chi connectivity index (χ1n) is 6.62. The average Bonchev–Trinajstić information content (AvgIpc) is 2.77. The van der Waals surface area contributed by atoms with Crippen molar-refractivity contribution in [2.24, 2.45) is 0 Å². The van der Waals surface area contributed by atoms with Crippen molar-refractivity contribution in [2.75, 3.05) is 18.6 Å². The van der Waals surface area contributed by atoms with Crippen molar-refractivity contribution < 1.29 is 18.3 Å². The van der Waals surface area contributed by atoms with Crippen LogP contribution in [0.3, 0.4) is 0 Å². The number of hydrogen-bond acceptors (Lipinski definition) is 4. The fourth-order valence-electron chi connectivity index (χ4n) is 2.42. The molecule has 1 aromatic rings. The first-order valence-corrected chi connectivity index (χ1v) is 8.44. The topological polar surface area (TPSA) is 74.7 Å². The van der Waals surface area contributed by atoms with Crippen LogP contribution in [0.15, 0.2) is 24.3 Å². The number of para-hydroxylation sites is 1. The van der Waals surface area contributed by atoms with Gasteiger partial charge in [0.15, 0.2) is 9.84 Å². The van der Waals surface area contributed by atoms with Crippen molar-refractivity contribution in [3.05, 3.63) is 29.8 Å². The fraction of sp³-hybridized carbons (Fsp3) is 0.500. The minimum Gasteiger partial charge on any atom is -0.508 e. The predicted molar refractivity (Wildman–Crippen MR) is 76.3 cm³/mol. The van der Waals surface area contributed by atoms with E-state index in [1.807, 2.05) is 6.07 Å². The van der Waals surface area contributed by atoms with Crippen LogP contribution in [-0.2, 0) is 21.1 Å². The van der Waals surface area contributed by atoms with E-state index in [1.54, 1.807) is 25.2 Å². The van der Waals surface area contributed by atoms with E-state index in [0.29, 0.717) is 12.8 Å². The van der Waals surface area contributed by atoms with Crippen LogP contribution in [0.4, 0.5) is 0 Å². The molecule has 1 N–H and O–H groups in total. The van der Waals surface area contributed by atoms with Gasteiger partial charge in [-0.2, -0.15) is 0 Å². The summed E-state index contributed by atoms with van der Waals surface area (Å²) in [6.45, 7) is 0. The van der Waals surface area contributed by atoms with Gasteiger partial charge in [0.1, 0.15) is 5.75 Å². The number of hydrogen-bond donors (Lipinski definition) is 1. The lowest BCUT2D eigenvalue weighted by Crippen LogP contribution is -2.37. The van der Waals surface area contributed by atoms with Crippen LogP contribution in [0.2, 0.25) is 0 Å². The second-order valence-electron chi connectivity index (χ2n) is 5.19. The van der Waals surface area contributed by atoms with Crippen molar-refractivity contribution in [2.45, 2.75) is 25.3 Å². The summed E-state index contributed by atoms with van der Waals surface area (Å²) in [6.07, 6.45) is 1.24. The zero-order valence-corrected chi connectivity index (χ0v) is 12.3. The molecule has 1 atom stereocenters. The van der Waals surface area contributed by atoms with E-state index in [9.17, 15) is 18.3 Å². The lowest BCUT2D eigenvalue weighted by molar-refractivity contribution is -0.131. The Morgan fingerprint density at radius 1 is 1.40 bits per heavy atom. The Bertz CT molecular complexity index is 597. The number of aromatic hydroxyl groups is 1. The molecule has 1 unspecified atom stereocenters. The highest BCUT2D eigenvalue weighted by Gasteiger charge is 2.32. The van der Waals surface area contributed by atoms with Gasteiger partial charge < -0.3 is 10.0 Å². The summed E-state index contributed by atoms with van der Waals surface area (Å²) < 4.78 is 22.8. The van der Waals surface area contributed by atoms with Crippen molar-refractivity contribution >= 4 is 15.7 Å². The molecule has 1 aliphatic rings. The second-order valence-corrected chi connectivity index (χ2v) is 7.42. The van der Waals surface area contributed by atoms with Gasteiger partial charge in [-0.05, 0) is 24.5 Å². The number of rotatable bonds is 4. The standard InChI is InChI=1S/C14H19NO4S/c1-15(12-8-9-20(18,19)10-12)14(17)7-6-11-4-2-3-5-13(11)16/h2-5,12,16H,6-10H2,1H3. The van der Waals surface area contributed by atoms with Gasteiger partial charge in [-0.1, -0.05) is 18.2 Å². The summed E-state index contributed by atoms with van der Waals surface area (Å²) in [6, 6.07) is 6.70. The van der Waals surface area contributed by atoms with Gasteiger partial charge in [0.25, 0.3) is 0 Å². The van der Waals surface area contributed by atoms with Crippen LogP contribution in [0.5, 0.6) is 5.75 Å². The van der Waals surface area contributed by atoms with Crippen LogP contribution in [-0.4, -0.2) is 48.9 Å². The second kappa shape index (κ2) is 5.83. The molecule has 1 heterocycles. The lowest BCUT2D eigenvalue weighted by atomic mass is 10.1. The molecule has 1 saturated heterocycles. The molecule has 1 aromatic carbocycles. The Hall–Kier alpha value is -1.56. The number of nitrogens with zero attached hydrogens (tertiary/aromatic N) is 1. The number of benzene rings is 1. The minimum absolute atomic E-state index is 0.0613. The van der Waals surface area contributed by atoms with Gasteiger partial charge in [0, 0.05) is 19.5 Å². The van der Waals surface area contributed by atoms with Gasteiger partial charge in [0.2, 0.25) is 5.91 Å². The van der Waals surface area contributed by atoms with Crippen LogP contribution < -0.4 is 0 Å². The van der Waals surface area contributed by atoms with E-state index in [0.717, 1.165) is 5.56 Å². The summed E-state index contributed by atoms with van der Waals surface area (Å²) in [5, 5.41) is 9.64. The number of phenols is 1. The number of amides is 1. The zero-order valence-electron chi connectivity index (χ0n) is 11.4. The Morgan fingerprint density at radius 2 is 2.10 bits per heavy atom. The monoisotopic (exact) mass is 297 g/mol. The van der Waals surface area contributed by atoms with Crippen molar-refractivity contribution in [3.8, 4) is 5.75 Å². The molecule has 20 heavy (non-hydrogen) atoms. The quantitative estimate of drug-likeness (QED) is 0.898. The Labute approximate surface area is 119 Å². The third kappa shape index (κ3) is 3.50. The third-order valence-corrected chi connectivity index (χ3v) is 5.50. The minimum atomic E-state index is -2.98. The molecule has 1 amide bonds. The molecule has 2 rings (SSSR count). The highest BCUT2D eigenvalue weighted by molar-refractivity contribution is 7.91. The zero-order chi connectivity index (χ0) is 14.8. The molecule has 1 fully saturated rings. The maximum absolute atomic E-state index is 12.1. The number of carbonyl (C=O) groups is 1. The van der Waals surface area contributed by atoms with Crippen LogP contribution in [0.1, 0.15) is 18.4 Å². The molecule has 0 aromatic heterocycles. The van der Waals surface area contributed by atoms with Gasteiger partial charge >= 0.3 is 0 Å². The summed E-state index contributed by atoms with van der Waals surface area (Å²) >= 11 is 0. The van der Waals surface area contributed by atoms with Crippen molar-refractivity contribution in [1.29, 1.82) is 0 Å². The highest BCUT2D eigenvalue weighted by Crippen LogP contribution is 2.20. The van der Waals surface area contributed by atoms with E-state index in [2.05, 4.69) is 0 Å². The van der Waals surface area contributed by atoms with E-state index in [4.69, 9.17) is 0 Å². The SMILES string of the molecule is CN(C(=O)CCc1ccccc1O)C1CCS(=O)(=O)C1. The lowest BCUT2D eigenvalue weighted by Gasteiger charge is -2.23. The summed E-state index contributed by atoms with van der Waals surface area (Å²) in [4.78, 5) is 13.6. The third-order valence-electron chi connectivity index (χ3n) is 3.75. The van der Waals surface area contributed by atoms with Crippen LogP contribution >= 0.6 is 0 Å². The fourth-order valence-corrected chi connectivity index (χ4v) is 4.20. The maximum atomic E-state index is 12.1. The smallest absolute Gasteiger partial charge is 0.222 e. The van der Waals surface area contributed by atoms with Crippen LogP contribution in [0, 0.1) is 0 Å². The van der Waals surface area contributed by atoms with Gasteiger partial charge in [-0.3, -0.25) is 4.79 Å². The normalized spacial score (nSPS) is 20.8. The molecule has 0 aliphatic carbocycles. The van der Waals surface area contributed by atoms with E-state index < -0.39 is 9.84 Å². The largest absolute Gasteiger partial charge is 0.508 e. The average molecular weight is 297 g/mol. The number of sulfone groups is 1. The first kappa shape index (κ1) is 14.8. The van der Waals surface area contributed by atoms with E-state index in [-0.39, 0.29) is 35.6 Å². The number of aryl methyl sites for hydroxylation is 1. The molecule has 6 heteroatoms. The molecule has 5 nitrogen and oxygen atoms in total. The molecular weight excluding hydrogens is 278 g/mol. The maximum Gasteiger partial charge on any atom is 0.222 e. The summed E-state index contributed by atoms with van der Waals surface area (Å²) in [5.74, 6) is 0.322. The van der Waals surface area contributed by atoms with E-state index >= 15 is 0 Å². The van der Waals surface area contributed by atoms with Crippen molar-refractivity contribution in [3.63, 3.8) is 0 Å². The highest BCUT2D eigenvalue weighted by atomic mass is 32.2. The first-order chi connectivity index (χ1) is 9.39. The number of phenolic OH excluding ortho intramolecular Hbond substituents is 1. The summed E-state index contributed by atoms with van der Waals surface area (Å²) in [7, 11) is -1.33. The van der Waals surface area contributed by atoms with Gasteiger partial charge in [-0.25, -0.2) is 8.42 Å². The van der Waals surface area contributed by atoms with Crippen LogP contribution in [0.25, 0.3) is 0 Å². The molecule has 0 radical (unpaired) electrons. The molecule has 110 valence electrons.